The Bertz CT molecular complexity index is 293. The van der Waals surface area contributed by atoms with Crippen LogP contribution in [0.25, 0.3) is 0 Å². The Morgan fingerprint density at radius 2 is 2.21 bits per heavy atom. The number of rotatable bonds is 2. The van der Waals surface area contributed by atoms with E-state index in [0.717, 1.165) is 30.8 Å². The summed E-state index contributed by atoms with van der Waals surface area (Å²) in [6.45, 7) is 2.69. The maximum atomic E-state index is 6.05. The average molecular weight is 193 g/mol. The number of nitrogens with zero attached hydrogens (tertiary/aromatic N) is 2. The van der Waals surface area contributed by atoms with E-state index in [1.54, 1.807) is 12.4 Å². The van der Waals surface area contributed by atoms with Gasteiger partial charge in [0.1, 0.15) is 5.82 Å². The van der Waals surface area contributed by atoms with Gasteiger partial charge in [0.05, 0.1) is 12.1 Å². The van der Waals surface area contributed by atoms with Crippen LogP contribution < -0.4 is 5.73 Å². The van der Waals surface area contributed by atoms with E-state index >= 15 is 0 Å². The van der Waals surface area contributed by atoms with Gasteiger partial charge in [0.15, 0.2) is 0 Å². The molecule has 1 aromatic rings. The second-order valence-electron chi connectivity index (χ2n) is 3.64. The molecule has 0 bridgehead atoms. The minimum atomic E-state index is -0.0851. The van der Waals surface area contributed by atoms with Crippen molar-refractivity contribution in [3.63, 3.8) is 0 Å². The third-order valence-corrected chi connectivity index (χ3v) is 2.55. The maximum Gasteiger partial charge on any atom is 0.125 e. The van der Waals surface area contributed by atoms with Crippen LogP contribution in [0, 0.1) is 6.92 Å². The largest absolute Gasteiger partial charge is 0.376 e. The van der Waals surface area contributed by atoms with Crippen molar-refractivity contribution in [3.05, 3.63) is 23.8 Å². The van der Waals surface area contributed by atoms with Crippen molar-refractivity contribution in [1.82, 2.24) is 9.97 Å². The molecule has 1 aromatic heterocycles. The Balaban J connectivity index is 2.09. The van der Waals surface area contributed by atoms with Crippen LogP contribution in [0.4, 0.5) is 0 Å². The van der Waals surface area contributed by atoms with E-state index in [1.165, 1.54) is 0 Å². The molecule has 0 amide bonds. The summed E-state index contributed by atoms with van der Waals surface area (Å²) in [5.41, 5.74) is 7.01. The van der Waals surface area contributed by atoms with E-state index in [4.69, 9.17) is 10.5 Å². The van der Waals surface area contributed by atoms with E-state index in [0.29, 0.717) is 0 Å². The first-order valence-electron chi connectivity index (χ1n) is 4.93. The summed E-state index contributed by atoms with van der Waals surface area (Å²) in [5.74, 6) is 0.772. The van der Waals surface area contributed by atoms with Crippen molar-refractivity contribution in [3.8, 4) is 0 Å². The third kappa shape index (κ3) is 1.91. The molecule has 0 saturated carbocycles. The van der Waals surface area contributed by atoms with E-state index in [1.807, 2.05) is 6.92 Å². The molecule has 1 aliphatic heterocycles. The van der Waals surface area contributed by atoms with Gasteiger partial charge in [0.2, 0.25) is 0 Å². The zero-order valence-electron chi connectivity index (χ0n) is 8.31. The molecular formula is C10H15N3O. The highest BCUT2D eigenvalue weighted by Gasteiger charge is 2.24. The molecular weight excluding hydrogens is 178 g/mol. The minimum absolute atomic E-state index is 0.0851. The molecule has 1 saturated heterocycles. The van der Waals surface area contributed by atoms with Crippen LogP contribution in [0.5, 0.6) is 0 Å². The number of aryl methyl sites for hydroxylation is 1. The first-order chi connectivity index (χ1) is 6.77. The Morgan fingerprint density at radius 3 is 2.79 bits per heavy atom. The normalized spacial score (nSPS) is 23.7. The molecule has 0 spiro atoms. The topological polar surface area (TPSA) is 61.0 Å². The lowest BCUT2D eigenvalue weighted by atomic mass is 10.0. The molecule has 2 atom stereocenters. The summed E-state index contributed by atoms with van der Waals surface area (Å²) in [7, 11) is 0. The van der Waals surface area contributed by atoms with Gasteiger partial charge in [-0.3, -0.25) is 0 Å². The smallest absolute Gasteiger partial charge is 0.125 e. The van der Waals surface area contributed by atoms with E-state index in [9.17, 15) is 0 Å². The number of hydrogen-bond donors (Lipinski definition) is 1. The average Bonchev–Trinajstić information content (AvgIpc) is 2.71. The highest BCUT2D eigenvalue weighted by molar-refractivity contribution is 5.12. The Hall–Kier alpha value is -1.00. The number of aromatic nitrogens is 2. The van der Waals surface area contributed by atoms with Gasteiger partial charge in [0, 0.05) is 24.6 Å². The van der Waals surface area contributed by atoms with Crippen LogP contribution in [0.1, 0.15) is 30.3 Å². The van der Waals surface area contributed by atoms with Crippen molar-refractivity contribution in [2.75, 3.05) is 6.61 Å². The van der Waals surface area contributed by atoms with Crippen molar-refractivity contribution in [2.45, 2.75) is 31.9 Å². The molecule has 0 aromatic carbocycles. The minimum Gasteiger partial charge on any atom is -0.376 e. The highest BCUT2D eigenvalue weighted by Crippen LogP contribution is 2.23. The molecule has 2 heterocycles. The second kappa shape index (κ2) is 4.02. The van der Waals surface area contributed by atoms with Gasteiger partial charge in [-0.2, -0.15) is 0 Å². The molecule has 2 N–H and O–H groups in total. The lowest BCUT2D eigenvalue weighted by Gasteiger charge is -2.17. The molecule has 1 fully saturated rings. The van der Waals surface area contributed by atoms with Crippen molar-refractivity contribution >= 4 is 0 Å². The van der Waals surface area contributed by atoms with Gasteiger partial charge >= 0.3 is 0 Å². The summed E-state index contributed by atoms with van der Waals surface area (Å²) < 4.78 is 5.52. The molecule has 76 valence electrons. The fourth-order valence-electron chi connectivity index (χ4n) is 1.68. The number of ether oxygens (including phenoxy) is 1. The van der Waals surface area contributed by atoms with Crippen LogP contribution in [-0.2, 0) is 4.74 Å². The van der Waals surface area contributed by atoms with Crippen molar-refractivity contribution in [1.29, 1.82) is 0 Å². The van der Waals surface area contributed by atoms with Crippen LogP contribution in [-0.4, -0.2) is 22.7 Å². The van der Waals surface area contributed by atoms with Crippen LogP contribution in [0.3, 0.4) is 0 Å². The summed E-state index contributed by atoms with van der Waals surface area (Å²) in [6.07, 6.45) is 5.85. The van der Waals surface area contributed by atoms with Crippen molar-refractivity contribution in [2.24, 2.45) is 5.73 Å². The van der Waals surface area contributed by atoms with Gasteiger partial charge in [-0.1, -0.05) is 0 Å². The molecule has 4 nitrogen and oxygen atoms in total. The standard InChI is InChI=1S/C10H15N3O/c1-7-12-5-8(6-13-7)10(11)9-3-2-4-14-9/h5-6,9-10H,2-4,11H2,1H3/t9-,10+/m0/s1. The molecule has 14 heavy (non-hydrogen) atoms. The van der Waals surface area contributed by atoms with Crippen LogP contribution in [0.15, 0.2) is 12.4 Å². The SMILES string of the molecule is Cc1ncc([C@@H](N)[C@@H]2CCCO2)cn1. The lowest BCUT2D eigenvalue weighted by Crippen LogP contribution is -2.25. The third-order valence-electron chi connectivity index (χ3n) is 2.55. The molecule has 4 heteroatoms. The second-order valence-corrected chi connectivity index (χ2v) is 3.64. The van der Waals surface area contributed by atoms with E-state index in [2.05, 4.69) is 9.97 Å². The fraction of sp³-hybridized carbons (Fsp3) is 0.600. The zero-order chi connectivity index (χ0) is 9.97. The van der Waals surface area contributed by atoms with Crippen LogP contribution in [0.2, 0.25) is 0 Å². The monoisotopic (exact) mass is 193 g/mol. The quantitative estimate of drug-likeness (QED) is 0.760. The fourth-order valence-corrected chi connectivity index (χ4v) is 1.68. The zero-order valence-corrected chi connectivity index (χ0v) is 8.31. The Kier molecular flexibility index (Phi) is 2.74. The Morgan fingerprint density at radius 1 is 1.50 bits per heavy atom. The first kappa shape index (κ1) is 9.55. The van der Waals surface area contributed by atoms with E-state index in [-0.39, 0.29) is 12.1 Å². The maximum absolute atomic E-state index is 6.05. The van der Waals surface area contributed by atoms with Crippen molar-refractivity contribution < 1.29 is 4.74 Å². The molecule has 2 rings (SSSR count). The van der Waals surface area contributed by atoms with Crippen LogP contribution >= 0.6 is 0 Å². The van der Waals surface area contributed by atoms with Gasteiger partial charge in [0.25, 0.3) is 0 Å². The highest BCUT2D eigenvalue weighted by atomic mass is 16.5. The Labute approximate surface area is 83.5 Å². The summed E-state index contributed by atoms with van der Waals surface area (Å²) >= 11 is 0. The van der Waals surface area contributed by atoms with Gasteiger partial charge in [-0.15, -0.1) is 0 Å². The predicted octanol–water partition coefficient (Wildman–Crippen LogP) is 0.964. The van der Waals surface area contributed by atoms with Gasteiger partial charge < -0.3 is 10.5 Å². The number of nitrogens with two attached hydrogens (primary N) is 1. The van der Waals surface area contributed by atoms with Gasteiger partial charge in [-0.05, 0) is 19.8 Å². The summed E-state index contributed by atoms with van der Waals surface area (Å²) in [6, 6.07) is -0.0851. The first-order valence-corrected chi connectivity index (χ1v) is 4.93. The lowest BCUT2D eigenvalue weighted by molar-refractivity contribution is 0.0898. The predicted molar refractivity (Wildman–Crippen MR) is 52.7 cm³/mol. The summed E-state index contributed by atoms with van der Waals surface area (Å²) in [5, 5.41) is 0. The molecule has 1 aliphatic rings. The summed E-state index contributed by atoms with van der Waals surface area (Å²) in [4.78, 5) is 8.25. The van der Waals surface area contributed by atoms with Gasteiger partial charge in [-0.25, -0.2) is 9.97 Å². The molecule has 0 radical (unpaired) electrons. The molecule has 0 unspecified atom stereocenters. The molecule has 0 aliphatic carbocycles. The number of hydrogen-bond acceptors (Lipinski definition) is 4. The van der Waals surface area contributed by atoms with E-state index < -0.39 is 0 Å².